The first-order valence-corrected chi connectivity index (χ1v) is 8.83. The highest BCUT2D eigenvalue weighted by molar-refractivity contribution is 8.02. The van der Waals surface area contributed by atoms with Gasteiger partial charge in [0.15, 0.2) is 4.75 Å². The van der Waals surface area contributed by atoms with Gasteiger partial charge in [0.05, 0.1) is 5.69 Å². The first-order chi connectivity index (χ1) is 11.5. The number of para-hydroxylation sites is 2. The van der Waals surface area contributed by atoms with Crippen molar-refractivity contribution in [3.8, 4) is 0 Å². The molecule has 2 aliphatic heterocycles. The first kappa shape index (κ1) is 15.3. The standard InChI is InChI=1S/C19H18N2O2S/c1-12-11-13-7-3-5-9-15(13)21(12)18(23)19(2)17(22)20-14-8-4-6-10-16(14)24-19/h3-10,12H,11H2,1-2H3,(H,20,22). The molecule has 24 heavy (non-hydrogen) atoms. The van der Waals surface area contributed by atoms with Crippen molar-refractivity contribution >= 4 is 35.0 Å². The van der Waals surface area contributed by atoms with E-state index < -0.39 is 4.75 Å². The second kappa shape index (κ2) is 5.38. The summed E-state index contributed by atoms with van der Waals surface area (Å²) in [4.78, 5) is 28.8. The molecule has 0 saturated carbocycles. The fourth-order valence-electron chi connectivity index (χ4n) is 3.41. The lowest BCUT2D eigenvalue weighted by molar-refractivity contribution is -0.128. The maximum absolute atomic E-state index is 13.4. The summed E-state index contributed by atoms with van der Waals surface area (Å²) in [5.74, 6) is -0.412. The van der Waals surface area contributed by atoms with Crippen LogP contribution in [0, 0.1) is 0 Å². The molecular weight excluding hydrogens is 320 g/mol. The predicted molar refractivity (Wildman–Crippen MR) is 96.4 cm³/mol. The molecule has 2 amide bonds. The number of thioether (sulfide) groups is 1. The number of hydrogen-bond acceptors (Lipinski definition) is 3. The third-order valence-electron chi connectivity index (χ3n) is 4.72. The molecule has 2 aromatic rings. The second-order valence-corrected chi connectivity index (χ2v) is 7.90. The highest BCUT2D eigenvalue weighted by Crippen LogP contribution is 2.45. The zero-order valence-corrected chi connectivity index (χ0v) is 14.4. The summed E-state index contributed by atoms with van der Waals surface area (Å²) < 4.78 is -1.17. The summed E-state index contributed by atoms with van der Waals surface area (Å²) in [5.41, 5.74) is 2.85. The summed E-state index contributed by atoms with van der Waals surface area (Å²) >= 11 is 1.34. The molecule has 5 heteroatoms. The predicted octanol–water partition coefficient (Wildman–Crippen LogP) is 3.47. The largest absolute Gasteiger partial charge is 0.323 e. The van der Waals surface area contributed by atoms with Gasteiger partial charge in [-0.25, -0.2) is 0 Å². The van der Waals surface area contributed by atoms with Crippen molar-refractivity contribution in [2.24, 2.45) is 0 Å². The minimum atomic E-state index is -1.17. The van der Waals surface area contributed by atoms with Gasteiger partial charge in [-0.05, 0) is 44.0 Å². The molecule has 122 valence electrons. The number of carbonyl (C=O) groups excluding carboxylic acids is 2. The van der Waals surface area contributed by atoms with Crippen LogP contribution in [0.3, 0.4) is 0 Å². The molecule has 4 rings (SSSR count). The minimum absolute atomic E-state index is 0.0531. The maximum atomic E-state index is 13.4. The van der Waals surface area contributed by atoms with Gasteiger partial charge < -0.3 is 10.2 Å². The number of nitrogens with one attached hydrogen (secondary N) is 1. The molecular formula is C19H18N2O2S. The summed E-state index contributed by atoms with van der Waals surface area (Å²) in [6.07, 6.45) is 0.820. The van der Waals surface area contributed by atoms with E-state index in [1.54, 1.807) is 11.8 Å². The zero-order valence-electron chi connectivity index (χ0n) is 13.6. The summed E-state index contributed by atoms with van der Waals surface area (Å²) in [6.45, 7) is 3.75. The molecule has 0 spiro atoms. The summed E-state index contributed by atoms with van der Waals surface area (Å²) in [7, 11) is 0. The number of nitrogens with zero attached hydrogens (tertiary/aromatic N) is 1. The molecule has 0 bridgehead atoms. The van der Waals surface area contributed by atoms with E-state index in [0.29, 0.717) is 0 Å². The molecule has 0 radical (unpaired) electrons. The Labute approximate surface area is 145 Å². The number of carbonyl (C=O) groups is 2. The van der Waals surface area contributed by atoms with Gasteiger partial charge in [0.1, 0.15) is 0 Å². The molecule has 2 aliphatic rings. The summed E-state index contributed by atoms with van der Waals surface area (Å²) in [5, 5.41) is 2.89. The van der Waals surface area contributed by atoms with Crippen LogP contribution in [0.5, 0.6) is 0 Å². The lowest BCUT2D eigenvalue weighted by Crippen LogP contribution is -2.55. The fourth-order valence-corrected chi connectivity index (χ4v) is 4.56. The summed E-state index contributed by atoms with van der Waals surface area (Å²) in [6, 6.07) is 15.6. The third-order valence-corrected chi connectivity index (χ3v) is 6.06. The van der Waals surface area contributed by atoms with E-state index in [2.05, 4.69) is 5.32 Å². The Morgan fingerprint density at radius 2 is 1.92 bits per heavy atom. The van der Waals surface area contributed by atoms with Crippen LogP contribution in [0.15, 0.2) is 53.4 Å². The van der Waals surface area contributed by atoms with E-state index in [0.717, 1.165) is 28.3 Å². The highest BCUT2D eigenvalue weighted by atomic mass is 32.2. The van der Waals surface area contributed by atoms with Gasteiger partial charge in [-0.2, -0.15) is 0 Å². The quantitative estimate of drug-likeness (QED) is 0.810. The Kier molecular flexibility index (Phi) is 3.42. The molecule has 4 nitrogen and oxygen atoms in total. The van der Waals surface area contributed by atoms with Crippen molar-refractivity contribution < 1.29 is 9.59 Å². The van der Waals surface area contributed by atoms with Crippen molar-refractivity contribution in [2.75, 3.05) is 10.2 Å². The SMILES string of the molecule is CC1Cc2ccccc2N1C(=O)C1(C)Sc2ccccc2NC1=O. The smallest absolute Gasteiger partial charge is 0.253 e. The van der Waals surface area contributed by atoms with Crippen LogP contribution in [0.4, 0.5) is 11.4 Å². The van der Waals surface area contributed by atoms with Gasteiger partial charge in [-0.15, -0.1) is 0 Å². The Bertz CT molecular complexity index is 851. The van der Waals surface area contributed by atoms with Crippen molar-refractivity contribution in [1.82, 2.24) is 0 Å². The second-order valence-electron chi connectivity index (χ2n) is 6.44. The van der Waals surface area contributed by atoms with Crippen LogP contribution >= 0.6 is 11.8 Å². The van der Waals surface area contributed by atoms with Gasteiger partial charge in [0.25, 0.3) is 5.91 Å². The number of fused-ring (bicyclic) bond motifs is 2. The van der Waals surface area contributed by atoms with Gasteiger partial charge in [0, 0.05) is 16.6 Å². The normalized spacial score (nSPS) is 25.0. The van der Waals surface area contributed by atoms with Crippen LogP contribution in [-0.4, -0.2) is 22.6 Å². The van der Waals surface area contributed by atoms with E-state index in [1.165, 1.54) is 11.8 Å². The van der Waals surface area contributed by atoms with E-state index in [9.17, 15) is 9.59 Å². The monoisotopic (exact) mass is 338 g/mol. The van der Waals surface area contributed by atoms with Crippen LogP contribution in [0.1, 0.15) is 19.4 Å². The van der Waals surface area contributed by atoms with Gasteiger partial charge in [0.2, 0.25) is 5.91 Å². The molecule has 2 atom stereocenters. The molecule has 2 heterocycles. The average Bonchev–Trinajstić information content (AvgIpc) is 2.91. The van der Waals surface area contributed by atoms with E-state index in [-0.39, 0.29) is 17.9 Å². The van der Waals surface area contributed by atoms with Crippen LogP contribution in [-0.2, 0) is 16.0 Å². The Morgan fingerprint density at radius 3 is 2.75 bits per heavy atom. The lowest BCUT2D eigenvalue weighted by atomic mass is 10.1. The van der Waals surface area contributed by atoms with E-state index in [1.807, 2.05) is 55.5 Å². The minimum Gasteiger partial charge on any atom is -0.323 e. The van der Waals surface area contributed by atoms with Crippen molar-refractivity contribution in [3.63, 3.8) is 0 Å². The fraction of sp³-hybridized carbons (Fsp3) is 0.263. The van der Waals surface area contributed by atoms with Gasteiger partial charge in [-0.1, -0.05) is 42.1 Å². The Hall–Kier alpha value is -2.27. The van der Waals surface area contributed by atoms with Crippen LogP contribution in [0.25, 0.3) is 0 Å². The average molecular weight is 338 g/mol. The number of hydrogen-bond donors (Lipinski definition) is 1. The van der Waals surface area contributed by atoms with E-state index >= 15 is 0 Å². The van der Waals surface area contributed by atoms with Crippen molar-refractivity contribution in [2.45, 2.75) is 36.0 Å². The first-order valence-electron chi connectivity index (χ1n) is 8.02. The Morgan fingerprint density at radius 1 is 1.21 bits per heavy atom. The van der Waals surface area contributed by atoms with Gasteiger partial charge in [-0.3, -0.25) is 9.59 Å². The number of rotatable bonds is 1. The van der Waals surface area contributed by atoms with E-state index in [4.69, 9.17) is 0 Å². The number of anilines is 2. The number of benzene rings is 2. The molecule has 2 unspecified atom stereocenters. The molecule has 0 aliphatic carbocycles. The van der Waals surface area contributed by atoms with Crippen LogP contribution < -0.4 is 10.2 Å². The molecule has 0 fully saturated rings. The van der Waals surface area contributed by atoms with Crippen molar-refractivity contribution in [1.29, 1.82) is 0 Å². The molecule has 2 aromatic carbocycles. The van der Waals surface area contributed by atoms with Gasteiger partial charge >= 0.3 is 0 Å². The third kappa shape index (κ3) is 2.15. The van der Waals surface area contributed by atoms with Crippen molar-refractivity contribution in [3.05, 3.63) is 54.1 Å². The number of amides is 2. The molecule has 0 aromatic heterocycles. The highest BCUT2D eigenvalue weighted by Gasteiger charge is 2.50. The molecule has 1 N–H and O–H groups in total. The zero-order chi connectivity index (χ0) is 16.9. The molecule has 0 saturated heterocycles. The lowest BCUT2D eigenvalue weighted by Gasteiger charge is -2.36. The maximum Gasteiger partial charge on any atom is 0.253 e. The van der Waals surface area contributed by atoms with Crippen LogP contribution in [0.2, 0.25) is 0 Å². The Balaban J connectivity index is 1.73. The topological polar surface area (TPSA) is 49.4 Å².